The van der Waals surface area contributed by atoms with Crippen LogP contribution >= 0.6 is 12.2 Å². The Morgan fingerprint density at radius 3 is 2.88 bits per heavy atom. The minimum absolute atomic E-state index is 0.181. The lowest BCUT2D eigenvalue weighted by atomic mass is 10.2. The van der Waals surface area contributed by atoms with Gasteiger partial charge >= 0.3 is 0 Å². The molecular weight excluding hydrogens is 328 g/mol. The summed E-state index contributed by atoms with van der Waals surface area (Å²) in [5.74, 6) is 0.151. The molecule has 0 fully saturated rings. The monoisotopic (exact) mass is 342 g/mol. The molecule has 0 spiro atoms. The maximum atomic E-state index is 9.55. The maximum absolute atomic E-state index is 9.55. The maximum Gasteiger partial charge on any atom is 0.216 e. The van der Waals surface area contributed by atoms with Gasteiger partial charge in [-0.05, 0) is 55.2 Å². The second-order valence-electron chi connectivity index (χ2n) is 5.54. The van der Waals surface area contributed by atoms with Crippen LogP contribution in [0.5, 0.6) is 11.5 Å². The highest BCUT2D eigenvalue weighted by Gasteiger charge is 2.23. The number of nitrogens with zero attached hydrogens (tertiary/aromatic N) is 4. The highest BCUT2D eigenvalue weighted by molar-refractivity contribution is 7.71. The first-order valence-electron chi connectivity index (χ1n) is 7.43. The fraction of sp³-hybridized carbons (Fsp3) is 0.200. The number of aromatic hydroxyl groups is 2. The van der Waals surface area contributed by atoms with E-state index in [9.17, 15) is 10.2 Å². The quantitative estimate of drug-likeness (QED) is 0.331. The van der Waals surface area contributed by atoms with Crippen LogP contribution in [-0.2, 0) is 12.8 Å². The lowest BCUT2D eigenvalue weighted by Crippen LogP contribution is -1.97. The molecule has 8 nitrogen and oxygen atoms in total. The molecule has 1 aromatic carbocycles. The van der Waals surface area contributed by atoms with Gasteiger partial charge < -0.3 is 10.2 Å². The third-order valence-corrected chi connectivity index (χ3v) is 4.25. The fourth-order valence-corrected chi connectivity index (χ4v) is 2.98. The van der Waals surface area contributed by atoms with Gasteiger partial charge in [0.05, 0.1) is 6.21 Å². The number of aromatic nitrogens is 5. The number of rotatable bonds is 3. The highest BCUT2D eigenvalue weighted by atomic mass is 32.1. The molecule has 2 aromatic heterocycles. The van der Waals surface area contributed by atoms with Crippen molar-refractivity contribution in [3.63, 3.8) is 0 Å². The van der Waals surface area contributed by atoms with Crippen molar-refractivity contribution in [3.8, 4) is 23.0 Å². The third kappa shape index (κ3) is 2.38. The van der Waals surface area contributed by atoms with E-state index < -0.39 is 0 Å². The Labute approximate surface area is 141 Å². The fourth-order valence-electron chi connectivity index (χ4n) is 2.80. The Morgan fingerprint density at radius 2 is 2.04 bits per heavy atom. The second-order valence-corrected chi connectivity index (χ2v) is 5.93. The third-order valence-electron chi connectivity index (χ3n) is 3.99. The van der Waals surface area contributed by atoms with Gasteiger partial charge in [0.1, 0.15) is 5.69 Å². The largest absolute Gasteiger partial charge is 0.504 e. The van der Waals surface area contributed by atoms with Crippen molar-refractivity contribution >= 4 is 18.4 Å². The van der Waals surface area contributed by atoms with Crippen molar-refractivity contribution in [2.75, 3.05) is 0 Å². The van der Waals surface area contributed by atoms with Gasteiger partial charge in [0.2, 0.25) is 10.6 Å². The Hall–Kier alpha value is -2.94. The number of phenolic OH excluding ortho intramolecular Hbond substituents is 2. The van der Waals surface area contributed by atoms with Gasteiger partial charge in [-0.1, -0.05) is 0 Å². The van der Waals surface area contributed by atoms with Gasteiger partial charge in [0, 0.05) is 11.3 Å². The molecule has 24 heavy (non-hydrogen) atoms. The summed E-state index contributed by atoms with van der Waals surface area (Å²) in [4.78, 5) is 0. The summed E-state index contributed by atoms with van der Waals surface area (Å²) < 4.78 is 1.84. The Kier molecular flexibility index (Phi) is 3.42. The summed E-state index contributed by atoms with van der Waals surface area (Å²) in [6.45, 7) is 0. The molecule has 4 rings (SSSR count). The molecule has 0 saturated carbocycles. The van der Waals surface area contributed by atoms with Gasteiger partial charge in [-0.15, -0.1) is 0 Å². The molecule has 2 heterocycles. The summed E-state index contributed by atoms with van der Waals surface area (Å²) in [5, 5.41) is 37.6. The topological polar surface area (TPSA) is 115 Å². The molecule has 9 heteroatoms. The van der Waals surface area contributed by atoms with Crippen LogP contribution in [0.4, 0.5) is 0 Å². The van der Waals surface area contributed by atoms with Crippen LogP contribution in [0.2, 0.25) is 0 Å². The number of hydrogen-bond donors (Lipinski definition) is 4. The minimum atomic E-state index is -0.208. The number of aryl methyl sites for hydroxylation is 1. The predicted molar refractivity (Wildman–Crippen MR) is 89.8 cm³/mol. The normalized spacial score (nSPS) is 13.7. The van der Waals surface area contributed by atoms with Crippen LogP contribution < -0.4 is 0 Å². The van der Waals surface area contributed by atoms with E-state index in [2.05, 4.69) is 25.5 Å². The zero-order valence-electron chi connectivity index (χ0n) is 12.5. The van der Waals surface area contributed by atoms with E-state index in [0.717, 1.165) is 36.2 Å². The van der Waals surface area contributed by atoms with E-state index in [1.54, 1.807) is 6.07 Å². The van der Waals surface area contributed by atoms with Crippen LogP contribution in [-0.4, -0.2) is 41.5 Å². The highest BCUT2D eigenvalue weighted by Crippen LogP contribution is 2.29. The summed E-state index contributed by atoms with van der Waals surface area (Å²) in [6.07, 6.45) is 4.57. The summed E-state index contributed by atoms with van der Waals surface area (Å²) in [5.41, 5.74) is 3.66. The first-order chi connectivity index (χ1) is 11.6. The average molecular weight is 342 g/mol. The van der Waals surface area contributed by atoms with Crippen LogP contribution in [0.1, 0.15) is 23.2 Å². The standard InChI is InChI=1S/C15H14N6O2S/c22-11-5-4-8(6-12(11)23)7-16-21-14(19-20-15(21)24)13-9-2-1-3-10(9)17-18-13/h4-7,22-23H,1-3H2,(H,17,18)(H,20,24)/b16-7-. The summed E-state index contributed by atoms with van der Waals surface area (Å²) in [7, 11) is 0. The molecule has 0 unspecified atom stereocenters. The first kappa shape index (κ1) is 14.6. The molecule has 0 bridgehead atoms. The molecule has 0 radical (unpaired) electrons. The molecule has 0 aliphatic heterocycles. The molecule has 3 aromatic rings. The Morgan fingerprint density at radius 1 is 1.17 bits per heavy atom. The zero-order chi connectivity index (χ0) is 16.7. The average Bonchev–Trinajstić information content (AvgIpc) is 3.25. The molecule has 0 amide bonds. The number of H-pyrrole nitrogens is 2. The van der Waals surface area contributed by atoms with E-state index in [1.165, 1.54) is 23.0 Å². The number of nitrogens with one attached hydrogen (secondary N) is 2. The van der Waals surface area contributed by atoms with E-state index in [4.69, 9.17) is 12.2 Å². The van der Waals surface area contributed by atoms with Crippen molar-refractivity contribution in [1.29, 1.82) is 0 Å². The Bertz CT molecular complexity index is 1000. The zero-order valence-corrected chi connectivity index (χ0v) is 13.3. The van der Waals surface area contributed by atoms with Crippen molar-refractivity contribution < 1.29 is 10.2 Å². The van der Waals surface area contributed by atoms with E-state index in [-0.39, 0.29) is 11.5 Å². The van der Waals surface area contributed by atoms with Crippen molar-refractivity contribution in [2.24, 2.45) is 5.10 Å². The minimum Gasteiger partial charge on any atom is -0.504 e. The molecule has 0 atom stereocenters. The van der Waals surface area contributed by atoms with Gasteiger partial charge in [0.25, 0.3) is 0 Å². The number of phenols is 2. The number of benzene rings is 1. The SMILES string of the molecule is Oc1ccc(/C=N\n2c(-c3n[nH]c4c3CCC4)n[nH]c2=S)cc1O. The molecule has 4 N–H and O–H groups in total. The van der Waals surface area contributed by atoms with Crippen LogP contribution in [0.3, 0.4) is 0 Å². The summed E-state index contributed by atoms with van der Waals surface area (Å²) >= 11 is 5.24. The van der Waals surface area contributed by atoms with Crippen LogP contribution in [0.25, 0.3) is 11.5 Å². The molecule has 122 valence electrons. The Balaban J connectivity index is 1.73. The molecule has 0 saturated heterocycles. The number of hydrogen-bond acceptors (Lipinski definition) is 6. The second kappa shape index (κ2) is 5.60. The molecular formula is C15H14N6O2S. The first-order valence-corrected chi connectivity index (χ1v) is 7.84. The van der Waals surface area contributed by atoms with Crippen molar-refractivity contribution in [1.82, 2.24) is 25.1 Å². The van der Waals surface area contributed by atoms with E-state index in [0.29, 0.717) is 16.2 Å². The van der Waals surface area contributed by atoms with Crippen molar-refractivity contribution in [3.05, 3.63) is 39.8 Å². The molecule has 1 aliphatic rings. The van der Waals surface area contributed by atoms with E-state index >= 15 is 0 Å². The van der Waals surface area contributed by atoms with Gasteiger partial charge in [-0.3, -0.25) is 5.10 Å². The van der Waals surface area contributed by atoms with Gasteiger partial charge in [0.15, 0.2) is 11.5 Å². The smallest absolute Gasteiger partial charge is 0.216 e. The number of fused-ring (bicyclic) bond motifs is 1. The lowest BCUT2D eigenvalue weighted by molar-refractivity contribution is 0.403. The predicted octanol–water partition coefficient (Wildman–Crippen LogP) is 2.11. The van der Waals surface area contributed by atoms with Crippen LogP contribution in [0, 0.1) is 4.77 Å². The lowest BCUT2D eigenvalue weighted by Gasteiger charge is -2.01. The van der Waals surface area contributed by atoms with Gasteiger partial charge in [-0.25, -0.2) is 5.10 Å². The number of aromatic amines is 2. The van der Waals surface area contributed by atoms with Gasteiger partial charge in [-0.2, -0.15) is 20.0 Å². The summed E-state index contributed by atoms with van der Waals surface area (Å²) in [6, 6.07) is 4.44. The van der Waals surface area contributed by atoms with Crippen molar-refractivity contribution in [2.45, 2.75) is 19.3 Å². The van der Waals surface area contributed by atoms with Crippen LogP contribution in [0.15, 0.2) is 23.3 Å². The molecule has 1 aliphatic carbocycles. The van der Waals surface area contributed by atoms with E-state index in [1.807, 2.05) is 0 Å².